The Hall–Kier alpha value is -1.93. The number of unbranched alkanes of at least 4 members (excludes halogenated alkanes) is 1. The number of halogens is 1. The van der Waals surface area contributed by atoms with Crippen LogP contribution in [-0.2, 0) is 6.42 Å². The topological polar surface area (TPSA) is 111 Å². The molecule has 2 aromatic rings. The Balaban J connectivity index is 1.68. The Morgan fingerprint density at radius 3 is 2.54 bits per heavy atom. The van der Waals surface area contributed by atoms with Gasteiger partial charge in [0.1, 0.15) is 17.1 Å². The number of aryl methyl sites for hydroxylation is 1. The molecule has 8 heteroatoms. The van der Waals surface area contributed by atoms with E-state index < -0.39 is 18.2 Å². The second-order valence-corrected chi connectivity index (χ2v) is 7.62. The van der Waals surface area contributed by atoms with Crippen LogP contribution in [0.15, 0.2) is 30.3 Å². The highest BCUT2D eigenvalue weighted by atomic mass is 35.5. The highest BCUT2D eigenvalue weighted by Gasteiger charge is 2.41. The lowest BCUT2D eigenvalue weighted by molar-refractivity contribution is 0.00446. The SMILES string of the molecule is CCCCc1ccc(Nc2nc(Cl)cc(N[C@@H]3C[C@H](CO)[C@@H](O)[C@@H]3O)n2)cc1. The summed E-state index contributed by atoms with van der Waals surface area (Å²) in [4.78, 5) is 8.59. The van der Waals surface area contributed by atoms with Gasteiger partial charge in [-0.25, -0.2) is 4.98 Å². The maximum atomic E-state index is 10.2. The minimum absolute atomic E-state index is 0.179. The zero-order valence-corrected chi connectivity index (χ0v) is 16.6. The van der Waals surface area contributed by atoms with E-state index in [0.29, 0.717) is 18.2 Å². The van der Waals surface area contributed by atoms with Gasteiger partial charge in [0.2, 0.25) is 5.95 Å². The molecule has 7 nitrogen and oxygen atoms in total. The number of nitrogens with zero attached hydrogens (tertiary/aromatic N) is 2. The molecule has 0 radical (unpaired) electrons. The largest absolute Gasteiger partial charge is 0.396 e. The first-order chi connectivity index (χ1) is 13.5. The number of anilines is 3. The van der Waals surface area contributed by atoms with Gasteiger partial charge in [-0.15, -0.1) is 0 Å². The number of benzene rings is 1. The molecule has 1 aliphatic rings. The molecule has 0 aliphatic heterocycles. The average molecular weight is 407 g/mol. The van der Waals surface area contributed by atoms with E-state index in [-0.39, 0.29) is 17.7 Å². The Kier molecular flexibility index (Phi) is 7.07. The molecule has 1 aromatic heterocycles. The number of hydrogen-bond donors (Lipinski definition) is 5. The second-order valence-electron chi connectivity index (χ2n) is 7.24. The molecule has 1 heterocycles. The third-order valence-corrected chi connectivity index (χ3v) is 5.29. The van der Waals surface area contributed by atoms with Crippen LogP contribution in [0.5, 0.6) is 0 Å². The van der Waals surface area contributed by atoms with Crippen LogP contribution >= 0.6 is 11.6 Å². The maximum absolute atomic E-state index is 10.2. The number of aromatic nitrogens is 2. The van der Waals surface area contributed by atoms with Crippen molar-refractivity contribution < 1.29 is 15.3 Å². The van der Waals surface area contributed by atoms with Crippen molar-refractivity contribution in [2.24, 2.45) is 5.92 Å². The van der Waals surface area contributed by atoms with Crippen LogP contribution in [0.4, 0.5) is 17.5 Å². The molecule has 1 aliphatic carbocycles. The van der Waals surface area contributed by atoms with E-state index in [1.165, 1.54) is 5.56 Å². The van der Waals surface area contributed by atoms with Gasteiger partial charge in [0, 0.05) is 24.3 Å². The predicted octanol–water partition coefficient (Wildman–Crippen LogP) is 2.73. The summed E-state index contributed by atoms with van der Waals surface area (Å²) in [6.07, 6.45) is 1.86. The van der Waals surface area contributed by atoms with Crippen molar-refractivity contribution in [3.05, 3.63) is 41.0 Å². The maximum Gasteiger partial charge on any atom is 0.230 e. The molecule has 0 bridgehead atoms. The quantitative estimate of drug-likeness (QED) is 0.428. The standard InChI is InChI=1S/C20H27ClN4O3/c1-2-3-4-12-5-7-14(8-6-12)22-20-24-16(21)10-17(25-20)23-15-9-13(11-26)18(27)19(15)28/h5-8,10,13,15,18-19,26-28H,2-4,9,11H2,1H3,(H2,22,23,24,25)/t13-,15-,18-,19-/m1/s1. The molecule has 152 valence electrons. The van der Waals surface area contributed by atoms with Gasteiger partial charge in [-0.05, 0) is 37.0 Å². The fraction of sp³-hybridized carbons (Fsp3) is 0.500. The van der Waals surface area contributed by atoms with Crippen molar-refractivity contribution in [2.45, 2.75) is 50.9 Å². The fourth-order valence-electron chi connectivity index (χ4n) is 3.45. The number of aliphatic hydroxyl groups excluding tert-OH is 3. The van der Waals surface area contributed by atoms with Crippen LogP contribution in [0, 0.1) is 5.92 Å². The molecule has 5 N–H and O–H groups in total. The third kappa shape index (κ3) is 5.11. The number of hydrogen-bond acceptors (Lipinski definition) is 7. The van der Waals surface area contributed by atoms with Gasteiger partial charge in [0.05, 0.1) is 12.1 Å². The zero-order valence-electron chi connectivity index (χ0n) is 15.8. The van der Waals surface area contributed by atoms with Gasteiger partial charge in [0.25, 0.3) is 0 Å². The average Bonchev–Trinajstić information content (AvgIpc) is 2.95. The summed E-state index contributed by atoms with van der Waals surface area (Å²) in [5, 5.41) is 35.9. The summed E-state index contributed by atoms with van der Waals surface area (Å²) in [6.45, 7) is 2.00. The third-order valence-electron chi connectivity index (χ3n) is 5.09. The van der Waals surface area contributed by atoms with E-state index in [4.69, 9.17) is 11.6 Å². The van der Waals surface area contributed by atoms with Crippen molar-refractivity contribution >= 4 is 29.1 Å². The molecular weight excluding hydrogens is 380 g/mol. The molecular formula is C20H27ClN4O3. The van der Waals surface area contributed by atoms with Crippen LogP contribution < -0.4 is 10.6 Å². The van der Waals surface area contributed by atoms with Crippen molar-refractivity contribution in [3.8, 4) is 0 Å². The summed E-state index contributed by atoms with van der Waals surface area (Å²) in [7, 11) is 0. The van der Waals surface area contributed by atoms with E-state index in [1.807, 2.05) is 12.1 Å². The lowest BCUT2D eigenvalue weighted by atomic mass is 10.1. The minimum atomic E-state index is -0.988. The summed E-state index contributed by atoms with van der Waals surface area (Å²) in [5.74, 6) is 0.411. The lowest BCUT2D eigenvalue weighted by Crippen LogP contribution is -2.35. The van der Waals surface area contributed by atoms with Gasteiger partial charge in [-0.1, -0.05) is 37.1 Å². The summed E-state index contributed by atoms with van der Waals surface area (Å²) in [5.41, 5.74) is 2.14. The van der Waals surface area contributed by atoms with E-state index in [0.717, 1.165) is 24.9 Å². The summed E-state index contributed by atoms with van der Waals surface area (Å²) >= 11 is 6.12. The molecule has 28 heavy (non-hydrogen) atoms. The summed E-state index contributed by atoms with van der Waals surface area (Å²) in [6, 6.07) is 9.24. The second kappa shape index (κ2) is 9.52. The van der Waals surface area contributed by atoms with Crippen LogP contribution in [-0.4, -0.2) is 50.1 Å². The first-order valence-electron chi connectivity index (χ1n) is 9.64. The van der Waals surface area contributed by atoms with Crippen molar-refractivity contribution in [3.63, 3.8) is 0 Å². The van der Waals surface area contributed by atoms with Gasteiger partial charge in [0.15, 0.2) is 0 Å². The Morgan fingerprint density at radius 2 is 1.89 bits per heavy atom. The summed E-state index contributed by atoms with van der Waals surface area (Å²) < 4.78 is 0. The van der Waals surface area contributed by atoms with Crippen molar-refractivity contribution in [1.82, 2.24) is 9.97 Å². The first-order valence-corrected chi connectivity index (χ1v) is 10.0. The zero-order chi connectivity index (χ0) is 20.1. The molecule has 1 saturated carbocycles. The molecule has 0 saturated heterocycles. The molecule has 3 rings (SSSR count). The molecule has 0 spiro atoms. The van der Waals surface area contributed by atoms with Gasteiger partial charge in [-0.3, -0.25) is 0 Å². The van der Waals surface area contributed by atoms with Gasteiger partial charge in [-0.2, -0.15) is 4.98 Å². The van der Waals surface area contributed by atoms with Crippen LogP contribution in [0.25, 0.3) is 0 Å². The molecule has 0 amide bonds. The normalized spacial score (nSPS) is 24.3. The predicted molar refractivity (Wildman–Crippen MR) is 110 cm³/mol. The molecule has 1 aromatic carbocycles. The Bertz CT molecular complexity index is 775. The molecule has 4 atom stereocenters. The van der Waals surface area contributed by atoms with Crippen LogP contribution in [0.3, 0.4) is 0 Å². The molecule has 1 fully saturated rings. The Morgan fingerprint density at radius 1 is 1.14 bits per heavy atom. The molecule has 0 unspecified atom stereocenters. The smallest absolute Gasteiger partial charge is 0.230 e. The van der Waals surface area contributed by atoms with E-state index >= 15 is 0 Å². The number of aliphatic hydroxyl groups is 3. The van der Waals surface area contributed by atoms with E-state index in [9.17, 15) is 15.3 Å². The van der Waals surface area contributed by atoms with Gasteiger partial charge < -0.3 is 26.0 Å². The monoisotopic (exact) mass is 406 g/mol. The Labute approximate surface area is 169 Å². The van der Waals surface area contributed by atoms with E-state index in [2.05, 4.69) is 39.7 Å². The highest BCUT2D eigenvalue weighted by molar-refractivity contribution is 6.29. The van der Waals surface area contributed by atoms with Crippen LogP contribution in [0.1, 0.15) is 31.7 Å². The lowest BCUT2D eigenvalue weighted by Gasteiger charge is -2.19. The van der Waals surface area contributed by atoms with Crippen molar-refractivity contribution in [2.75, 3.05) is 17.2 Å². The fourth-order valence-corrected chi connectivity index (χ4v) is 3.63. The van der Waals surface area contributed by atoms with E-state index in [1.54, 1.807) is 6.07 Å². The van der Waals surface area contributed by atoms with Gasteiger partial charge >= 0.3 is 0 Å². The highest BCUT2D eigenvalue weighted by Crippen LogP contribution is 2.29. The number of nitrogens with one attached hydrogen (secondary N) is 2. The van der Waals surface area contributed by atoms with Crippen LogP contribution in [0.2, 0.25) is 5.15 Å². The van der Waals surface area contributed by atoms with Crippen molar-refractivity contribution in [1.29, 1.82) is 0 Å². The minimum Gasteiger partial charge on any atom is -0.396 e. The first kappa shape index (κ1) is 20.8. The number of rotatable bonds is 8.